The van der Waals surface area contributed by atoms with E-state index in [1.165, 1.54) is 7.05 Å². The molecule has 1 fully saturated rings. The molecule has 1 aliphatic heterocycles. The van der Waals surface area contributed by atoms with E-state index in [0.717, 1.165) is 40.3 Å². The van der Waals surface area contributed by atoms with Gasteiger partial charge in [-0.25, -0.2) is 13.4 Å². The van der Waals surface area contributed by atoms with Crippen LogP contribution in [0.4, 0.5) is 0 Å². The van der Waals surface area contributed by atoms with Crippen LogP contribution >= 0.6 is 0 Å². The van der Waals surface area contributed by atoms with Gasteiger partial charge in [0, 0.05) is 20.6 Å². The van der Waals surface area contributed by atoms with Gasteiger partial charge in [0.1, 0.15) is 5.82 Å². The van der Waals surface area contributed by atoms with E-state index in [1.807, 2.05) is 35.9 Å². The number of nitrogens with zero attached hydrogens (tertiary/aromatic N) is 4. The van der Waals surface area contributed by atoms with E-state index in [0.29, 0.717) is 6.54 Å². The van der Waals surface area contributed by atoms with Gasteiger partial charge in [-0.2, -0.15) is 4.31 Å². The van der Waals surface area contributed by atoms with E-state index in [9.17, 15) is 13.2 Å². The van der Waals surface area contributed by atoms with Crippen LogP contribution in [-0.4, -0.2) is 59.5 Å². The van der Waals surface area contributed by atoms with Gasteiger partial charge < -0.3 is 9.47 Å². The van der Waals surface area contributed by atoms with E-state index in [2.05, 4.69) is 0 Å². The summed E-state index contributed by atoms with van der Waals surface area (Å²) in [5.74, 6) is 0.668. The van der Waals surface area contributed by atoms with Crippen LogP contribution in [0, 0.1) is 0 Å². The predicted octanol–water partition coefficient (Wildman–Crippen LogP) is 1.13. The van der Waals surface area contributed by atoms with Crippen molar-refractivity contribution in [3.8, 4) is 0 Å². The van der Waals surface area contributed by atoms with E-state index >= 15 is 0 Å². The maximum absolute atomic E-state index is 12.6. The summed E-state index contributed by atoms with van der Waals surface area (Å²) in [6.45, 7) is 0.490. The number of likely N-dealkylation sites (tertiary alicyclic amines) is 1. The smallest absolute Gasteiger partial charge is 0.238 e. The zero-order valence-electron chi connectivity index (χ0n) is 14.1. The van der Waals surface area contributed by atoms with Crippen molar-refractivity contribution in [3.63, 3.8) is 0 Å². The summed E-state index contributed by atoms with van der Waals surface area (Å²) in [7, 11) is 0.00340. The molecule has 1 amide bonds. The molecular weight excluding hydrogens is 328 g/mol. The Morgan fingerprint density at radius 1 is 1.38 bits per heavy atom. The Kier molecular flexibility index (Phi) is 4.35. The third kappa shape index (κ3) is 3.03. The number of amides is 1. The van der Waals surface area contributed by atoms with Crippen LogP contribution in [0.25, 0.3) is 11.0 Å². The Labute approximate surface area is 141 Å². The number of hydrogen-bond donors (Lipinski definition) is 0. The highest BCUT2D eigenvalue weighted by atomic mass is 32.2. The second-order valence-corrected chi connectivity index (χ2v) is 8.37. The van der Waals surface area contributed by atoms with Gasteiger partial charge in [0.05, 0.1) is 29.9 Å². The van der Waals surface area contributed by atoms with E-state index in [-0.39, 0.29) is 18.5 Å². The van der Waals surface area contributed by atoms with Gasteiger partial charge in [0.2, 0.25) is 15.9 Å². The summed E-state index contributed by atoms with van der Waals surface area (Å²) in [5.41, 5.74) is 1.93. The van der Waals surface area contributed by atoms with Crippen LogP contribution in [0.2, 0.25) is 0 Å². The van der Waals surface area contributed by atoms with Crippen LogP contribution in [0.5, 0.6) is 0 Å². The monoisotopic (exact) mass is 350 g/mol. The Morgan fingerprint density at radius 3 is 2.75 bits per heavy atom. The quantitative estimate of drug-likeness (QED) is 0.828. The molecule has 0 radical (unpaired) electrons. The molecule has 8 heteroatoms. The highest BCUT2D eigenvalue weighted by Crippen LogP contribution is 2.33. The largest absolute Gasteiger partial charge is 0.331 e. The number of fused-ring (bicyclic) bond motifs is 1. The van der Waals surface area contributed by atoms with E-state index in [4.69, 9.17) is 4.98 Å². The number of likely N-dealkylation sites (N-methyl/N-ethyl adjacent to an activating group) is 1. The first-order valence-corrected chi connectivity index (χ1v) is 9.76. The first-order valence-electron chi connectivity index (χ1n) is 7.91. The average molecular weight is 350 g/mol. The lowest BCUT2D eigenvalue weighted by Gasteiger charge is -2.26. The lowest BCUT2D eigenvalue weighted by molar-refractivity contribution is -0.132. The summed E-state index contributed by atoms with van der Waals surface area (Å²) in [6.07, 6.45) is 2.83. The number of carbonyl (C=O) groups is 1. The zero-order valence-corrected chi connectivity index (χ0v) is 15.0. The Morgan fingerprint density at radius 2 is 2.08 bits per heavy atom. The molecule has 2 aromatic rings. The number of para-hydroxylation sites is 2. The van der Waals surface area contributed by atoms with Gasteiger partial charge in [-0.3, -0.25) is 4.79 Å². The number of aryl methyl sites for hydroxylation is 1. The number of sulfonamides is 1. The van der Waals surface area contributed by atoms with Crippen molar-refractivity contribution in [1.29, 1.82) is 0 Å². The summed E-state index contributed by atoms with van der Waals surface area (Å²) < 4.78 is 26.2. The number of benzene rings is 1. The SMILES string of the molecule is CN(CC(=O)N1CCCC1c1nc2ccccc2n1C)S(C)(=O)=O. The molecule has 2 heterocycles. The average Bonchev–Trinajstić information content (AvgIpc) is 3.11. The minimum atomic E-state index is -3.37. The standard InChI is InChI=1S/C16H22N4O3S/c1-18(24(3,22)23)11-15(21)20-10-6-9-14(20)16-17-12-7-4-5-8-13(12)19(16)2/h4-5,7-8,14H,6,9-11H2,1-3H3. The maximum atomic E-state index is 12.6. The maximum Gasteiger partial charge on any atom is 0.238 e. The minimum Gasteiger partial charge on any atom is -0.331 e. The number of hydrogen-bond acceptors (Lipinski definition) is 4. The molecule has 0 N–H and O–H groups in total. The topological polar surface area (TPSA) is 75.5 Å². The van der Waals surface area contributed by atoms with Crippen molar-refractivity contribution < 1.29 is 13.2 Å². The number of rotatable bonds is 4. The Hall–Kier alpha value is -1.93. The molecule has 0 spiro atoms. The number of carbonyl (C=O) groups excluding carboxylic acids is 1. The van der Waals surface area contributed by atoms with Gasteiger partial charge in [0.15, 0.2) is 0 Å². The van der Waals surface area contributed by atoms with Crippen molar-refractivity contribution in [1.82, 2.24) is 18.8 Å². The highest BCUT2D eigenvalue weighted by molar-refractivity contribution is 7.88. The molecular formula is C16H22N4O3S. The first kappa shape index (κ1) is 16.9. The van der Waals surface area contributed by atoms with Crippen LogP contribution < -0.4 is 0 Å². The fourth-order valence-electron chi connectivity index (χ4n) is 3.19. The van der Waals surface area contributed by atoms with Crippen molar-refractivity contribution >= 4 is 27.0 Å². The van der Waals surface area contributed by atoms with E-state index < -0.39 is 10.0 Å². The van der Waals surface area contributed by atoms with Crippen molar-refractivity contribution in [2.75, 3.05) is 26.4 Å². The Balaban J connectivity index is 1.87. The number of imidazole rings is 1. The highest BCUT2D eigenvalue weighted by Gasteiger charge is 2.34. The predicted molar refractivity (Wildman–Crippen MR) is 91.9 cm³/mol. The number of aromatic nitrogens is 2. The molecule has 24 heavy (non-hydrogen) atoms. The Bertz CT molecular complexity index is 875. The molecule has 7 nitrogen and oxygen atoms in total. The van der Waals surface area contributed by atoms with Gasteiger partial charge in [0.25, 0.3) is 0 Å². The lowest BCUT2D eigenvalue weighted by Crippen LogP contribution is -2.40. The molecule has 0 bridgehead atoms. The normalized spacial score (nSPS) is 18.7. The molecule has 0 aliphatic carbocycles. The zero-order chi connectivity index (χ0) is 17.5. The fourth-order valence-corrected chi connectivity index (χ4v) is 3.54. The molecule has 1 saturated heterocycles. The first-order chi connectivity index (χ1) is 11.3. The molecule has 1 aromatic carbocycles. The van der Waals surface area contributed by atoms with Crippen LogP contribution in [0.3, 0.4) is 0 Å². The molecule has 1 aromatic heterocycles. The van der Waals surface area contributed by atoms with Gasteiger partial charge >= 0.3 is 0 Å². The van der Waals surface area contributed by atoms with Crippen LogP contribution in [0.15, 0.2) is 24.3 Å². The summed E-state index contributed by atoms with van der Waals surface area (Å²) in [4.78, 5) is 19.0. The van der Waals surface area contributed by atoms with Crippen molar-refractivity contribution in [2.24, 2.45) is 7.05 Å². The molecule has 3 rings (SSSR count). The van der Waals surface area contributed by atoms with Gasteiger partial charge in [-0.1, -0.05) is 12.1 Å². The van der Waals surface area contributed by atoms with Crippen molar-refractivity contribution in [3.05, 3.63) is 30.1 Å². The third-order valence-electron chi connectivity index (χ3n) is 4.62. The molecule has 1 aliphatic rings. The minimum absolute atomic E-state index is 0.108. The van der Waals surface area contributed by atoms with Crippen LogP contribution in [-0.2, 0) is 21.9 Å². The molecule has 1 unspecified atom stereocenters. The molecule has 1 atom stereocenters. The van der Waals surface area contributed by atoms with Gasteiger partial charge in [-0.15, -0.1) is 0 Å². The second kappa shape index (κ2) is 6.18. The lowest BCUT2D eigenvalue weighted by atomic mass is 10.2. The summed E-state index contributed by atoms with van der Waals surface area (Å²) >= 11 is 0. The summed E-state index contributed by atoms with van der Waals surface area (Å²) in [6, 6.07) is 7.76. The van der Waals surface area contributed by atoms with Crippen molar-refractivity contribution in [2.45, 2.75) is 18.9 Å². The molecule has 0 saturated carbocycles. The fraction of sp³-hybridized carbons (Fsp3) is 0.500. The summed E-state index contributed by atoms with van der Waals surface area (Å²) in [5, 5.41) is 0. The van der Waals surface area contributed by atoms with Gasteiger partial charge in [-0.05, 0) is 25.0 Å². The second-order valence-electron chi connectivity index (χ2n) is 6.28. The van der Waals surface area contributed by atoms with Crippen LogP contribution in [0.1, 0.15) is 24.7 Å². The van der Waals surface area contributed by atoms with E-state index in [1.54, 1.807) is 4.90 Å². The third-order valence-corrected chi connectivity index (χ3v) is 5.88. The molecule has 130 valence electrons.